The number of carbonyl (C=O) groups excluding carboxylic acids is 1. The van der Waals surface area contributed by atoms with Crippen LogP contribution in [0.25, 0.3) is 0 Å². The van der Waals surface area contributed by atoms with Crippen molar-refractivity contribution in [2.24, 2.45) is 0 Å². The molecule has 0 radical (unpaired) electrons. The third kappa shape index (κ3) is 5.60. The quantitative estimate of drug-likeness (QED) is 0.695. The van der Waals surface area contributed by atoms with Crippen molar-refractivity contribution in [3.63, 3.8) is 0 Å². The highest BCUT2D eigenvalue weighted by atomic mass is 32.2. The van der Waals surface area contributed by atoms with Crippen molar-refractivity contribution < 1.29 is 17.9 Å². The van der Waals surface area contributed by atoms with Gasteiger partial charge < -0.3 is 9.64 Å². The summed E-state index contributed by atoms with van der Waals surface area (Å²) in [6.45, 7) is 6.40. The standard InChI is InChI=1S/C23H29NO4S/c1-4-19-6-8-20(9-7-19)14-24(21-11-12-29(26,27)16-21)23(25)15-28-22-10-5-17(2)18(3)13-22/h5-10,13,21H,4,11-12,14-16H2,1-3H3. The lowest BCUT2D eigenvalue weighted by Crippen LogP contribution is -2.43. The fourth-order valence-electron chi connectivity index (χ4n) is 3.55. The first-order chi connectivity index (χ1) is 13.8. The highest BCUT2D eigenvalue weighted by Gasteiger charge is 2.34. The predicted octanol–water partition coefficient (Wildman–Crippen LogP) is 3.46. The first-order valence-corrected chi connectivity index (χ1v) is 11.9. The van der Waals surface area contributed by atoms with Crippen LogP contribution in [0.5, 0.6) is 5.75 Å². The Balaban J connectivity index is 1.73. The molecule has 1 fully saturated rings. The maximum atomic E-state index is 13.0. The average molecular weight is 416 g/mol. The van der Waals surface area contributed by atoms with Gasteiger partial charge in [-0.1, -0.05) is 37.3 Å². The van der Waals surface area contributed by atoms with E-state index in [9.17, 15) is 13.2 Å². The Labute approximate surface area is 173 Å². The molecule has 0 aromatic heterocycles. The van der Waals surface area contributed by atoms with E-state index in [1.807, 2.05) is 44.2 Å². The van der Waals surface area contributed by atoms with Gasteiger partial charge in [-0.2, -0.15) is 0 Å². The highest BCUT2D eigenvalue weighted by molar-refractivity contribution is 7.91. The van der Waals surface area contributed by atoms with Gasteiger partial charge in [0, 0.05) is 12.6 Å². The summed E-state index contributed by atoms with van der Waals surface area (Å²) in [6.07, 6.45) is 1.43. The van der Waals surface area contributed by atoms with E-state index < -0.39 is 9.84 Å². The van der Waals surface area contributed by atoms with E-state index in [0.29, 0.717) is 18.7 Å². The summed E-state index contributed by atoms with van der Waals surface area (Å²) in [5.74, 6) is 0.613. The van der Waals surface area contributed by atoms with Crippen LogP contribution in [-0.4, -0.2) is 43.4 Å². The van der Waals surface area contributed by atoms with E-state index in [1.165, 1.54) is 5.56 Å². The number of aryl methyl sites for hydroxylation is 3. The van der Waals surface area contributed by atoms with E-state index in [1.54, 1.807) is 4.90 Å². The van der Waals surface area contributed by atoms with Crippen LogP contribution in [0.15, 0.2) is 42.5 Å². The summed E-state index contributed by atoms with van der Waals surface area (Å²) < 4.78 is 29.7. The van der Waals surface area contributed by atoms with E-state index in [4.69, 9.17) is 4.74 Å². The average Bonchev–Trinajstić information content (AvgIpc) is 3.06. The lowest BCUT2D eigenvalue weighted by Gasteiger charge is -2.28. The van der Waals surface area contributed by atoms with Crippen LogP contribution in [0, 0.1) is 13.8 Å². The number of rotatable bonds is 7. The van der Waals surface area contributed by atoms with E-state index in [-0.39, 0.29) is 30.1 Å². The maximum Gasteiger partial charge on any atom is 0.261 e. The van der Waals surface area contributed by atoms with Gasteiger partial charge in [0.2, 0.25) is 0 Å². The summed E-state index contributed by atoms with van der Waals surface area (Å²) in [6, 6.07) is 13.5. The Morgan fingerprint density at radius 2 is 1.76 bits per heavy atom. The molecular weight excluding hydrogens is 386 g/mol. The van der Waals surface area contributed by atoms with Gasteiger partial charge >= 0.3 is 0 Å². The Hall–Kier alpha value is -2.34. The number of carbonyl (C=O) groups is 1. The van der Waals surface area contributed by atoms with Gasteiger partial charge in [0.25, 0.3) is 5.91 Å². The third-order valence-corrected chi connectivity index (χ3v) is 7.34. The van der Waals surface area contributed by atoms with Gasteiger partial charge in [0.1, 0.15) is 5.75 Å². The van der Waals surface area contributed by atoms with Crippen molar-refractivity contribution >= 4 is 15.7 Å². The van der Waals surface area contributed by atoms with Crippen LogP contribution in [0.4, 0.5) is 0 Å². The molecule has 1 atom stereocenters. The van der Waals surface area contributed by atoms with Gasteiger partial charge in [0.05, 0.1) is 11.5 Å². The van der Waals surface area contributed by atoms with Crippen molar-refractivity contribution in [2.75, 3.05) is 18.1 Å². The molecule has 3 rings (SSSR count). The molecule has 29 heavy (non-hydrogen) atoms. The van der Waals surface area contributed by atoms with Gasteiger partial charge in [-0.25, -0.2) is 8.42 Å². The number of benzene rings is 2. The summed E-state index contributed by atoms with van der Waals surface area (Å²) >= 11 is 0. The normalized spacial score (nSPS) is 17.8. The molecule has 156 valence electrons. The molecule has 6 heteroatoms. The first kappa shape index (κ1) is 21.4. The number of ether oxygens (including phenoxy) is 1. The second-order valence-corrected chi connectivity index (χ2v) is 10.0. The Kier molecular flexibility index (Phi) is 6.63. The van der Waals surface area contributed by atoms with Crippen molar-refractivity contribution in [1.82, 2.24) is 4.90 Å². The minimum Gasteiger partial charge on any atom is -0.484 e. The maximum absolute atomic E-state index is 13.0. The molecule has 1 unspecified atom stereocenters. The SMILES string of the molecule is CCc1ccc(CN(C(=O)COc2ccc(C)c(C)c2)C2CCS(=O)(=O)C2)cc1. The molecule has 1 aliphatic heterocycles. The van der Waals surface area contributed by atoms with Crippen LogP contribution < -0.4 is 4.74 Å². The van der Waals surface area contributed by atoms with Crippen molar-refractivity contribution in [3.05, 3.63) is 64.7 Å². The fraction of sp³-hybridized carbons (Fsp3) is 0.435. The van der Waals surface area contributed by atoms with E-state index >= 15 is 0 Å². The largest absolute Gasteiger partial charge is 0.484 e. The molecule has 0 bridgehead atoms. The molecular formula is C23H29NO4S. The van der Waals surface area contributed by atoms with Crippen LogP contribution >= 0.6 is 0 Å². The zero-order chi connectivity index (χ0) is 21.0. The topological polar surface area (TPSA) is 63.7 Å². The molecule has 0 saturated carbocycles. The van der Waals surface area contributed by atoms with Crippen LogP contribution in [0.2, 0.25) is 0 Å². The van der Waals surface area contributed by atoms with Crippen LogP contribution in [-0.2, 0) is 27.6 Å². The number of amides is 1. The zero-order valence-corrected chi connectivity index (χ0v) is 18.2. The van der Waals surface area contributed by atoms with Gasteiger partial charge in [-0.3, -0.25) is 4.79 Å². The molecule has 2 aromatic carbocycles. The zero-order valence-electron chi connectivity index (χ0n) is 17.3. The highest BCUT2D eigenvalue weighted by Crippen LogP contribution is 2.22. The van der Waals surface area contributed by atoms with Gasteiger partial charge in [-0.15, -0.1) is 0 Å². The minimum absolute atomic E-state index is 0.0232. The summed E-state index contributed by atoms with van der Waals surface area (Å²) in [5.41, 5.74) is 4.49. The summed E-state index contributed by atoms with van der Waals surface area (Å²) in [5, 5.41) is 0. The first-order valence-electron chi connectivity index (χ1n) is 10.0. The Morgan fingerprint density at radius 1 is 1.07 bits per heavy atom. The van der Waals surface area contributed by atoms with Crippen LogP contribution in [0.1, 0.15) is 35.6 Å². The van der Waals surface area contributed by atoms with E-state index in [2.05, 4.69) is 19.1 Å². The number of sulfone groups is 1. The fourth-order valence-corrected chi connectivity index (χ4v) is 5.28. The monoisotopic (exact) mass is 415 g/mol. The van der Waals surface area contributed by atoms with Gasteiger partial charge in [-0.05, 0) is 61.1 Å². The number of hydrogen-bond acceptors (Lipinski definition) is 4. The molecule has 0 aliphatic carbocycles. The van der Waals surface area contributed by atoms with Crippen molar-refractivity contribution in [2.45, 2.75) is 46.2 Å². The Morgan fingerprint density at radius 3 is 2.34 bits per heavy atom. The molecule has 5 nitrogen and oxygen atoms in total. The molecule has 1 saturated heterocycles. The van der Waals surface area contributed by atoms with Crippen LogP contribution in [0.3, 0.4) is 0 Å². The number of nitrogens with zero attached hydrogens (tertiary/aromatic N) is 1. The predicted molar refractivity (Wildman–Crippen MR) is 115 cm³/mol. The summed E-state index contributed by atoms with van der Waals surface area (Å²) in [4.78, 5) is 14.7. The molecule has 1 aliphatic rings. The second kappa shape index (κ2) is 8.99. The molecule has 0 N–H and O–H groups in total. The lowest BCUT2D eigenvalue weighted by atomic mass is 10.1. The minimum atomic E-state index is -3.09. The smallest absolute Gasteiger partial charge is 0.261 e. The van der Waals surface area contributed by atoms with Gasteiger partial charge in [0.15, 0.2) is 16.4 Å². The lowest BCUT2D eigenvalue weighted by molar-refractivity contribution is -0.136. The van der Waals surface area contributed by atoms with E-state index in [0.717, 1.165) is 23.1 Å². The molecule has 0 spiro atoms. The molecule has 1 heterocycles. The summed E-state index contributed by atoms with van der Waals surface area (Å²) in [7, 11) is -3.09. The Bertz CT molecular complexity index is 967. The van der Waals surface area contributed by atoms with Crippen molar-refractivity contribution in [1.29, 1.82) is 0 Å². The second-order valence-electron chi connectivity index (χ2n) is 7.78. The molecule has 2 aromatic rings. The molecule has 1 amide bonds. The van der Waals surface area contributed by atoms with Crippen molar-refractivity contribution in [3.8, 4) is 5.75 Å². The number of hydrogen-bond donors (Lipinski definition) is 0. The third-order valence-electron chi connectivity index (χ3n) is 5.59.